The minimum absolute atomic E-state index is 0.0207. The normalized spacial score (nSPS) is 10.4. The number of nitrogens with zero attached hydrogens (tertiary/aromatic N) is 1. The zero-order valence-electron chi connectivity index (χ0n) is 22.4. The third-order valence-corrected chi connectivity index (χ3v) is 5.80. The van der Waals surface area contributed by atoms with Crippen LogP contribution in [0.3, 0.4) is 0 Å². The molecule has 0 atom stereocenters. The van der Waals surface area contributed by atoms with E-state index in [-0.39, 0.29) is 40.2 Å². The minimum atomic E-state index is -1.08. The molecule has 0 saturated carbocycles. The lowest BCUT2D eigenvalue weighted by molar-refractivity contribution is -0.385. The van der Waals surface area contributed by atoms with E-state index >= 15 is 0 Å². The molecule has 11 heteroatoms. The maximum Gasteiger partial charge on any atom is 0.514 e. The summed E-state index contributed by atoms with van der Waals surface area (Å²) >= 11 is 0. The molecule has 208 valence electrons. The molecule has 0 radical (unpaired) electrons. The van der Waals surface area contributed by atoms with E-state index in [1.807, 2.05) is 0 Å². The molecule has 0 saturated heterocycles. The Morgan fingerprint density at radius 2 is 1.50 bits per heavy atom. The van der Waals surface area contributed by atoms with Crippen LogP contribution in [0.25, 0.3) is 0 Å². The molecule has 0 bridgehead atoms. The fraction of sp³-hybridized carbons (Fsp3) is 0.481. The first kappa shape index (κ1) is 30.2. The van der Waals surface area contributed by atoms with Crippen molar-refractivity contribution in [3.63, 3.8) is 0 Å². The number of nitrogens with one attached hydrogen (secondary N) is 1. The van der Waals surface area contributed by atoms with Crippen LogP contribution in [0.2, 0.25) is 0 Å². The Bertz CT molecular complexity index is 1090. The predicted octanol–water partition coefficient (Wildman–Crippen LogP) is 5.70. The zero-order valence-corrected chi connectivity index (χ0v) is 22.4. The van der Waals surface area contributed by atoms with Gasteiger partial charge >= 0.3 is 6.16 Å². The second-order valence-electron chi connectivity index (χ2n) is 8.51. The highest BCUT2D eigenvalue weighted by Crippen LogP contribution is 2.35. The Morgan fingerprint density at radius 1 is 0.868 bits per heavy atom. The molecule has 0 fully saturated rings. The Labute approximate surface area is 222 Å². The van der Waals surface area contributed by atoms with Crippen molar-refractivity contribution in [3.05, 3.63) is 51.6 Å². The highest BCUT2D eigenvalue weighted by molar-refractivity contribution is 5.75. The van der Waals surface area contributed by atoms with Gasteiger partial charge in [0.15, 0.2) is 23.0 Å². The van der Waals surface area contributed by atoms with Crippen LogP contribution >= 0.6 is 0 Å². The topological polar surface area (TPSA) is 135 Å². The van der Waals surface area contributed by atoms with Crippen LogP contribution in [0.4, 0.5) is 10.5 Å². The molecule has 2 aromatic rings. The van der Waals surface area contributed by atoms with Crippen LogP contribution in [0.5, 0.6) is 23.0 Å². The van der Waals surface area contributed by atoms with Crippen LogP contribution < -0.4 is 24.3 Å². The number of nitro groups is 1. The highest BCUT2D eigenvalue weighted by atomic mass is 16.7. The molecule has 0 unspecified atom stereocenters. The summed E-state index contributed by atoms with van der Waals surface area (Å²) in [5, 5.41) is 14.3. The second-order valence-corrected chi connectivity index (χ2v) is 8.51. The number of carbonyl (C=O) groups is 2. The standard InChI is InChI=1S/C27H36N2O9/c1-5-6-7-8-9-10-11-26(30)28-17-19-12-13-22(23(14-19)34-2)38-27(31)37-18-20-15-24(35-3)25(36-4)16-21(20)29(32)33/h12-16H,5-11,17-18H2,1-4H3,(H,28,30). The van der Waals surface area contributed by atoms with Gasteiger partial charge in [0.05, 0.1) is 37.9 Å². The van der Waals surface area contributed by atoms with E-state index in [1.165, 1.54) is 58.8 Å². The van der Waals surface area contributed by atoms with E-state index in [2.05, 4.69) is 12.2 Å². The maximum atomic E-state index is 12.3. The van der Waals surface area contributed by atoms with Gasteiger partial charge in [-0.3, -0.25) is 14.9 Å². The van der Waals surface area contributed by atoms with Gasteiger partial charge in [0.1, 0.15) is 6.61 Å². The summed E-state index contributed by atoms with van der Waals surface area (Å²) in [5.74, 6) is 0.770. The van der Waals surface area contributed by atoms with Crippen molar-refractivity contribution >= 4 is 17.7 Å². The van der Waals surface area contributed by atoms with Gasteiger partial charge in [-0.2, -0.15) is 0 Å². The van der Waals surface area contributed by atoms with Crippen LogP contribution in [0.1, 0.15) is 63.0 Å². The van der Waals surface area contributed by atoms with Crippen molar-refractivity contribution in [1.82, 2.24) is 5.32 Å². The summed E-state index contributed by atoms with van der Waals surface area (Å²) in [6.07, 6.45) is 6.08. The van der Waals surface area contributed by atoms with Crippen molar-refractivity contribution in [2.45, 2.75) is 65.0 Å². The molecule has 0 spiro atoms. The van der Waals surface area contributed by atoms with Crippen LogP contribution in [0.15, 0.2) is 30.3 Å². The van der Waals surface area contributed by atoms with Crippen molar-refractivity contribution < 1.29 is 38.2 Å². The molecule has 11 nitrogen and oxygen atoms in total. The van der Waals surface area contributed by atoms with Gasteiger partial charge in [0.2, 0.25) is 5.91 Å². The lowest BCUT2D eigenvalue weighted by atomic mass is 10.1. The first-order valence-electron chi connectivity index (χ1n) is 12.5. The molecule has 1 N–H and O–H groups in total. The van der Waals surface area contributed by atoms with Gasteiger partial charge in [-0.15, -0.1) is 0 Å². The van der Waals surface area contributed by atoms with Gasteiger partial charge < -0.3 is 29.0 Å². The van der Waals surface area contributed by atoms with E-state index in [0.29, 0.717) is 13.0 Å². The number of ether oxygens (including phenoxy) is 5. The molecule has 0 heterocycles. The van der Waals surface area contributed by atoms with Crippen molar-refractivity contribution in [3.8, 4) is 23.0 Å². The Hall–Kier alpha value is -4.02. The number of unbranched alkanes of at least 4 members (excludes halogenated alkanes) is 5. The van der Waals surface area contributed by atoms with Gasteiger partial charge in [-0.25, -0.2) is 4.79 Å². The molecular formula is C27H36N2O9. The fourth-order valence-electron chi connectivity index (χ4n) is 3.71. The lowest BCUT2D eigenvalue weighted by Gasteiger charge is -2.13. The molecule has 2 aromatic carbocycles. The third kappa shape index (κ3) is 9.45. The van der Waals surface area contributed by atoms with Gasteiger partial charge in [0.25, 0.3) is 5.69 Å². The zero-order chi connectivity index (χ0) is 27.9. The predicted molar refractivity (Wildman–Crippen MR) is 140 cm³/mol. The van der Waals surface area contributed by atoms with Gasteiger partial charge in [-0.05, 0) is 30.2 Å². The van der Waals surface area contributed by atoms with E-state index in [9.17, 15) is 19.7 Å². The largest absolute Gasteiger partial charge is 0.514 e. The third-order valence-electron chi connectivity index (χ3n) is 5.80. The summed E-state index contributed by atoms with van der Waals surface area (Å²) in [6, 6.07) is 7.41. The number of methoxy groups -OCH3 is 3. The van der Waals surface area contributed by atoms with Crippen LogP contribution in [-0.2, 0) is 22.7 Å². The minimum Gasteiger partial charge on any atom is -0.493 e. The number of carbonyl (C=O) groups excluding carboxylic acids is 2. The summed E-state index contributed by atoms with van der Waals surface area (Å²) in [7, 11) is 4.17. The number of amides is 1. The number of hydrogen-bond acceptors (Lipinski definition) is 9. The average Bonchev–Trinajstić information content (AvgIpc) is 2.92. The van der Waals surface area contributed by atoms with Crippen molar-refractivity contribution in [2.75, 3.05) is 21.3 Å². The molecular weight excluding hydrogens is 496 g/mol. The van der Waals surface area contributed by atoms with Crippen molar-refractivity contribution in [1.29, 1.82) is 0 Å². The first-order valence-corrected chi connectivity index (χ1v) is 12.5. The highest BCUT2D eigenvalue weighted by Gasteiger charge is 2.21. The van der Waals surface area contributed by atoms with E-state index in [4.69, 9.17) is 23.7 Å². The monoisotopic (exact) mass is 532 g/mol. The fourth-order valence-corrected chi connectivity index (χ4v) is 3.71. The van der Waals surface area contributed by atoms with Crippen molar-refractivity contribution in [2.24, 2.45) is 0 Å². The first-order chi connectivity index (χ1) is 18.3. The Morgan fingerprint density at radius 3 is 2.16 bits per heavy atom. The van der Waals surface area contributed by atoms with E-state index in [0.717, 1.165) is 24.8 Å². The van der Waals surface area contributed by atoms with E-state index < -0.39 is 17.7 Å². The lowest BCUT2D eigenvalue weighted by Crippen LogP contribution is -2.22. The molecule has 0 aliphatic rings. The summed E-state index contributed by atoms with van der Waals surface area (Å²) in [4.78, 5) is 35.3. The summed E-state index contributed by atoms with van der Waals surface area (Å²) in [5.41, 5.74) is 0.569. The van der Waals surface area contributed by atoms with Crippen LogP contribution in [-0.4, -0.2) is 38.3 Å². The Balaban J connectivity index is 1.92. The molecule has 0 aliphatic heterocycles. The van der Waals surface area contributed by atoms with Gasteiger partial charge in [-0.1, -0.05) is 45.1 Å². The molecule has 1 amide bonds. The molecule has 2 rings (SSSR count). The average molecular weight is 533 g/mol. The smallest absolute Gasteiger partial charge is 0.493 e. The SMILES string of the molecule is CCCCCCCCC(=O)NCc1ccc(OC(=O)OCc2cc(OC)c(OC)cc2[N+](=O)[O-])c(OC)c1. The number of nitro benzene ring substituents is 1. The van der Waals surface area contributed by atoms with Crippen LogP contribution in [0, 0.1) is 10.1 Å². The quantitative estimate of drug-likeness (QED) is 0.0948. The number of hydrogen-bond donors (Lipinski definition) is 1. The molecule has 0 aliphatic carbocycles. The van der Waals surface area contributed by atoms with Gasteiger partial charge in [0, 0.05) is 13.0 Å². The molecule has 0 aromatic heterocycles. The number of rotatable bonds is 16. The second kappa shape index (κ2) is 16.0. The number of benzene rings is 2. The summed E-state index contributed by atoms with van der Waals surface area (Å²) < 4.78 is 25.9. The van der Waals surface area contributed by atoms with E-state index in [1.54, 1.807) is 12.1 Å². The maximum absolute atomic E-state index is 12.3. The molecule has 38 heavy (non-hydrogen) atoms. The Kier molecular flexibility index (Phi) is 12.7. The summed E-state index contributed by atoms with van der Waals surface area (Å²) in [6.45, 7) is 2.05.